The highest BCUT2D eigenvalue weighted by molar-refractivity contribution is 7.99. The molecule has 5 heterocycles. The normalized spacial score (nSPS) is 11.5. The Kier molecular flexibility index (Phi) is 19.4. The molecule has 0 saturated heterocycles. The van der Waals surface area contributed by atoms with E-state index in [1.165, 1.54) is 71.7 Å². The van der Waals surface area contributed by atoms with Crippen molar-refractivity contribution in [3.8, 4) is 34.4 Å². The van der Waals surface area contributed by atoms with Crippen LogP contribution in [-0.4, -0.2) is 85.2 Å². The first kappa shape index (κ1) is 59.1. The molecule has 10 rings (SSSR count). The standard InChI is InChI=1S/C18H12ClFN4O5S.C16H13ClFN5O4S.C12H9ClFN5O3S/c1-8-10(15(26)14(8)25)3-2-6-30-17-13(21-29-23-17)16-22-28-18(27)24(16)9-4-5-12(20)11(19)7-9;17-9-6-7(3-4-10(9)18)20-15(21-26)12-16(23-27-22-12)28-5-1-2-8-11(19)14(25)13(8)24;13-7-5-6(1-2-8(7)14)19-10(17-21-12(19)20)9-11(18-22-16-9)23-4-3-15/h4-5,7H,2-3,6H2,1H3;3-4,6,26H,1-2,5,19H2,(H,20,21);1-2,5H,3-4,15H2. The van der Waals surface area contributed by atoms with Gasteiger partial charge in [0.25, 0.3) is 0 Å². The molecule has 0 aliphatic carbocycles. The van der Waals surface area contributed by atoms with Crippen LogP contribution in [0.5, 0.6) is 0 Å². The molecule has 0 bridgehead atoms. The van der Waals surface area contributed by atoms with Gasteiger partial charge in [-0.15, -0.1) is 23.5 Å². The van der Waals surface area contributed by atoms with E-state index >= 15 is 0 Å². The van der Waals surface area contributed by atoms with Gasteiger partial charge in [0.05, 0.1) is 37.8 Å². The number of nitrogens with two attached hydrogens (primary N) is 2. The summed E-state index contributed by atoms with van der Waals surface area (Å²) in [7, 11) is 0. The number of aromatic nitrogens is 10. The largest absolute Gasteiger partial charge is 0.446 e. The molecule has 26 nitrogen and oxygen atoms in total. The Balaban J connectivity index is 0.000000161. The van der Waals surface area contributed by atoms with Crippen molar-refractivity contribution in [2.75, 3.05) is 29.5 Å². The highest BCUT2D eigenvalue weighted by atomic mass is 35.5. The lowest BCUT2D eigenvalue weighted by Crippen LogP contribution is -2.38. The Morgan fingerprint density at radius 1 is 0.617 bits per heavy atom. The van der Waals surface area contributed by atoms with Crippen molar-refractivity contribution in [3.05, 3.63) is 171 Å². The summed E-state index contributed by atoms with van der Waals surface area (Å²) in [5, 5.41) is 40.0. The number of hydrogen-bond donors (Lipinski definition) is 4. The van der Waals surface area contributed by atoms with Crippen molar-refractivity contribution < 1.29 is 41.3 Å². The number of nitrogens with one attached hydrogen (secondary N) is 1. The van der Waals surface area contributed by atoms with Crippen LogP contribution in [0.25, 0.3) is 34.4 Å². The molecule has 0 aliphatic rings. The van der Waals surface area contributed by atoms with Crippen LogP contribution in [0.4, 0.5) is 24.5 Å². The number of rotatable bonds is 19. The summed E-state index contributed by atoms with van der Waals surface area (Å²) in [6.45, 7) is 2.06. The van der Waals surface area contributed by atoms with Gasteiger partial charge in [-0.05, 0) is 118 Å². The molecular weight excluding hydrogens is 1200 g/mol. The van der Waals surface area contributed by atoms with Crippen LogP contribution in [-0.2, 0) is 12.8 Å². The average molecular weight is 1230 g/mol. The number of aliphatic imine (C=N–C) groups is 1. The minimum absolute atomic E-state index is 0.0183. The minimum Gasteiger partial charge on any atom is -0.395 e. The van der Waals surface area contributed by atoms with Crippen LogP contribution in [0, 0.1) is 24.4 Å². The predicted octanol–water partition coefficient (Wildman–Crippen LogP) is 5.84. The van der Waals surface area contributed by atoms with Crippen molar-refractivity contribution in [1.29, 1.82) is 0 Å². The molecule has 0 saturated carbocycles. The van der Waals surface area contributed by atoms with E-state index in [0.717, 1.165) is 27.3 Å². The first-order chi connectivity index (χ1) is 38.9. The predicted molar refractivity (Wildman–Crippen MR) is 287 cm³/mol. The van der Waals surface area contributed by atoms with Crippen molar-refractivity contribution >= 4 is 87.3 Å². The van der Waals surface area contributed by atoms with E-state index in [1.807, 2.05) is 5.48 Å². The number of benzene rings is 3. The zero-order valence-electron chi connectivity index (χ0n) is 40.9. The molecule has 420 valence electrons. The Bertz CT molecular complexity index is 4200. The summed E-state index contributed by atoms with van der Waals surface area (Å²) < 4.78 is 65.8. The number of halogens is 6. The number of anilines is 1. The van der Waals surface area contributed by atoms with Crippen LogP contribution in [0.1, 0.15) is 35.2 Å². The first-order valence-corrected chi connectivity index (χ1v) is 27.0. The maximum absolute atomic E-state index is 13.5. The Morgan fingerprint density at radius 2 is 1.09 bits per heavy atom. The zero-order valence-corrected chi connectivity index (χ0v) is 45.6. The van der Waals surface area contributed by atoms with E-state index in [0.29, 0.717) is 81.3 Å². The summed E-state index contributed by atoms with van der Waals surface area (Å²) in [4.78, 5) is 73.5. The average Bonchev–Trinajstić information content (AvgIpc) is 4.38. The first-order valence-electron chi connectivity index (χ1n) is 22.9. The quantitative estimate of drug-likeness (QED) is 0.0184. The number of nitrogens with zero attached hydrogens (tertiary/aromatic N) is 11. The van der Waals surface area contributed by atoms with Gasteiger partial charge in [0.1, 0.15) is 17.5 Å². The second kappa shape index (κ2) is 26.5. The van der Waals surface area contributed by atoms with Gasteiger partial charge < -0.3 is 11.5 Å². The molecule has 35 heteroatoms. The lowest BCUT2D eigenvalue weighted by molar-refractivity contribution is 0.234. The Hall–Kier alpha value is -7.98. The smallest absolute Gasteiger partial charge is 0.395 e. The van der Waals surface area contributed by atoms with Crippen LogP contribution < -0.4 is 50.2 Å². The van der Waals surface area contributed by atoms with Crippen LogP contribution in [0.3, 0.4) is 0 Å². The fourth-order valence-corrected chi connectivity index (χ4v) is 9.97. The molecular formula is C46H34Cl3F3N14O12S3. The molecule has 5 aromatic carbocycles. The van der Waals surface area contributed by atoms with Gasteiger partial charge >= 0.3 is 11.5 Å². The van der Waals surface area contributed by atoms with Crippen LogP contribution >= 0.6 is 70.1 Å². The third kappa shape index (κ3) is 13.3. The molecule has 0 aliphatic heterocycles. The maximum atomic E-state index is 13.5. The second-order valence-corrected chi connectivity index (χ2v) is 20.7. The number of hydrogen-bond acceptors (Lipinski definition) is 26. The van der Waals surface area contributed by atoms with Gasteiger partial charge in [-0.25, -0.2) is 50.8 Å². The maximum Gasteiger partial charge on any atom is 0.446 e. The molecule has 6 N–H and O–H groups in total. The molecule has 0 radical (unpaired) electrons. The summed E-state index contributed by atoms with van der Waals surface area (Å²) in [6.07, 6.45) is 2.02. The highest BCUT2D eigenvalue weighted by Crippen LogP contribution is 2.32. The van der Waals surface area contributed by atoms with Crippen molar-refractivity contribution in [2.24, 2.45) is 10.7 Å². The molecule has 0 atom stereocenters. The fourth-order valence-electron chi connectivity index (χ4n) is 7.11. The topological polar surface area (TPSA) is 378 Å². The molecule has 0 spiro atoms. The van der Waals surface area contributed by atoms with Gasteiger partial charge in [0, 0.05) is 40.5 Å². The molecule has 81 heavy (non-hydrogen) atoms. The summed E-state index contributed by atoms with van der Waals surface area (Å²) in [6, 6.07) is 11.3. The number of hydroxylamine groups is 1. The van der Waals surface area contributed by atoms with Gasteiger partial charge in [-0.3, -0.25) is 38.9 Å². The second-order valence-electron chi connectivity index (χ2n) is 16.2. The van der Waals surface area contributed by atoms with E-state index in [4.69, 9.17) is 64.7 Å². The molecule has 0 amide bonds. The summed E-state index contributed by atoms with van der Waals surface area (Å²) in [5.74, 6) is -1.78. The fraction of sp³-hybridized carbons (Fsp3) is 0.196. The minimum atomic E-state index is -0.817. The van der Waals surface area contributed by atoms with Crippen LogP contribution in [0.15, 0.2) is 126 Å². The van der Waals surface area contributed by atoms with E-state index in [-0.39, 0.29) is 72.4 Å². The van der Waals surface area contributed by atoms with E-state index in [9.17, 15) is 47.1 Å². The van der Waals surface area contributed by atoms with Gasteiger partial charge in [0.2, 0.25) is 33.4 Å². The number of thioether (sulfide) groups is 3. The SMILES string of the molecule is Cc1c(CCCSc2nonc2-c2noc(=O)n2-c2ccc(F)c(Cl)c2)c(=O)c1=O.NCCSc1nonc1-c1noc(=O)n1-c1ccc(F)c(Cl)c1.Nc1c(CCCSc2nonc2C(=Nc2ccc(F)c(Cl)c2)NO)c(=O)c1=O. The number of nitrogen functional groups attached to an aromatic ring is 1. The zero-order chi connectivity index (χ0) is 58.1. The van der Waals surface area contributed by atoms with Crippen molar-refractivity contribution in [2.45, 2.75) is 47.7 Å². The third-order valence-electron chi connectivity index (χ3n) is 11.1. The van der Waals surface area contributed by atoms with Gasteiger partial charge in [0.15, 0.2) is 38.0 Å². The highest BCUT2D eigenvalue weighted by Gasteiger charge is 2.26. The summed E-state index contributed by atoms with van der Waals surface area (Å²) >= 11 is 21.1. The molecule has 0 unspecified atom stereocenters. The molecule has 5 aromatic heterocycles. The number of amidine groups is 1. The molecule has 10 aromatic rings. The summed E-state index contributed by atoms with van der Waals surface area (Å²) in [5.41, 5.74) is 13.6. The monoisotopic (exact) mass is 1230 g/mol. The van der Waals surface area contributed by atoms with Gasteiger partial charge in [-0.1, -0.05) is 56.9 Å². The molecule has 0 fully saturated rings. The lowest BCUT2D eigenvalue weighted by atomic mass is 9.99. The van der Waals surface area contributed by atoms with E-state index < -0.39 is 50.7 Å². The third-order valence-corrected chi connectivity index (χ3v) is 15.0. The van der Waals surface area contributed by atoms with Crippen molar-refractivity contribution in [3.63, 3.8) is 0 Å². The van der Waals surface area contributed by atoms with Gasteiger partial charge in [-0.2, -0.15) is 0 Å². The van der Waals surface area contributed by atoms with E-state index in [1.54, 1.807) is 6.92 Å². The van der Waals surface area contributed by atoms with Crippen molar-refractivity contribution in [1.82, 2.24) is 55.9 Å². The van der Waals surface area contributed by atoms with Crippen LogP contribution in [0.2, 0.25) is 15.1 Å². The Labute approximate surface area is 475 Å². The Morgan fingerprint density at radius 3 is 1.58 bits per heavy atom. The lowest BCUT2D eigenvalue weighted by Gasteiger charge is -2.06. The van der Waals surface area contributed by atoms with E-state index in [2.05, 4.69) is 50.8 Å².